The van der Waals surface area contributed by atoms with Gasteiger partial charge < -0.3 is 31.1 Å². The largest absolute Gasteiger partial charge is 0.465 e. The van der Waals surface area contributed by atoms with E-state index in [9.17, 15) is 4.79 Å². The van der Waals surface area contributed by atoms with E-state index >= 15 is 0 Å². The third kappa shape index (κ3) is 4.53. The van der Waals surface area contributed by atoms with Gasteiger partial charge in [0.25, 0.3) is 0 Å². The fraction of sp³-hybridized carbons (Fsp3) is 0.345. The normalized spacial score (nSPS) is 19.2. The lowest BCUT2D eigenvalue weighted by Crippen LogP contribution is -2.14. The molecule has 2 aliphatic heterocycles. The average molecular weight is 512 g/mol. The Hall–Kier alpha value is -3.79. The highest BCUT2D eigenvalue weighted by Crippen LogP contribution is 2.35. The molecule has 6 N–H and O–H groups in total. The molecular weight excluding hydrogens is 478 g/mol. The molecule has 0 amide bonds. The fourth-order valence-corrected chi connectivity index (χ4v) is 5.66. The third-order valence-corrected chi connectivity index (χ3v) is 7.68. The average Bonchev–Trinajstić information content (AvgIpc) is 3.78. The van der Waals surface area contributed by atoms with Crippen LogP contribution in [-0.4, -0.2) is 46.1 Å². The van der Waals surface area contributed by atoms with Crippen LogP contribution in [0.4, 0.5) is 0 Å². The summed E-state index contributed by atoms with van der Waals surface area (Å²) >= 11 is 0. The number of hydrogen-bond donors (Lipinski definition) is 5. The molecule has 2 aliphatic rings. The Kier molecular flexibility index (Phi) is 6.80. The van der Waals surface area contributed by atoms with Crippen molar-refractivity contribution in [3.05, 3.63) is 71.6 Å². The first-order valence-corrected chi connectivity index (χ1v) is 13.3. The number of esters is 1. The topological polar surface area (TPSA) is 134 Å². The van der Waals surface area contributed by atoms with Crippen LogP contribution in [-0.2, 0) is 11.3 Å². The lowest BCUT2D eigenvalue weighted by Gasteiger charge is -2.16. The lowest BCUT2D eigenvalue weighted by atomic mass is 9.90. The highest BCUT2D eigenvalue weighted by atomic mass is 16.5. The second-order valence-electron chi connectivity index (χ2n) is 9.95. The Morgan fingerprint density at radius 2 is 1.45 bits per heavy atom. The third-order valence-electron chi connectivity index (χ3n) is 7.68. The summed E-state index contributed by atoms with van der Waals surface area (Å²) in [5.74, 6) is 1.47. The molecule has 2 aromatic carbocycles. The van der Waals surface area contributed by atoms with Gasteiger partial charge >= 0.3 is 5.97 Å². The minimum absolute atomic E-state index is 0.188. The van der Waals surface area contributed by atoms with Crippen molar-refractivity contribution in [2.45, 2.75) is 44.3 Å². The molecule has 2 unspecified atom stereocenters. The van der Waals surface area contributed by atoms with Crippen LogP contribution in [0.5, 0.6) is 0 Å². The zero-order valence-electron chi connectivity index (χ0n) is 21.5. The monoisotopic (exact) mass is 511 g/mol. The maximum absolute atomic E-state index is 13.1. The molecule has 4 aromatic rings. The van der Waals surface area contributed by atoms with E-state index in [4.69, 9.17) is 10.5 Å². The van der Waals surface area contributed by atoms with E-state index < -0.39 is 5.97 Å². The van der Waals surface area contributed by atoms with Crippen LogP contribution in [0, 0.1) is 0 Å². The van der Waals surface area contributed by atoms with Crippen LogP contribution >= 0.6 is 0 Å². The van der Waals surface area contributed by atoms with E-state index in [2.05, 4.69) is 30.6 Å². The molecule has 38 heavy (non-hydrogen) atoms. The first-order chi connectivity index (χ1) is 18.7. The predicted molar refractivity (Wildman–Crippen MR) is 146 cm³/mol. The molecule has 9 heteroatoms. The van der Waals surface area contributed by atoms with Crippen LogP contribution < -0.4 is 16.4 Å². The van der Waals surface area contributed by atoms with Gasteiger partial charge in [-0.1, -0.05) is 36.4 Å². The summed E-state index contributed by atoms with van der Waals surface area (Å²) in [5.41, 5.74) is 12.8. The van der Waals surface area contributed by atoms with Gasteiger partial charge in [0.15, 0.2) is 0 Å². The second-order valence-corrected chi connectivity index (χ2v) is 9.95. The SMILES string of the molecule is COC(=O)c1c(-c2ccc(-c3cnc(C4CCCN4)[nH]3)cc2)ccc(-c2cnc(C3CCCN3)[nH]2)c1CN. The number of benzene rings is 2. The molecule has 0 aliphatic carbocycles. The summed E-state index contributed by atoms with van der Waals surface area (Å²) in [6.07, 6.45) is 8.15. The highest BCUT2D eigenvalue weighted by molar-refractivity contribution is 6.01. The molecular formula is C29H33N7O2. The van der Waals surface area contributed by atoms with E-state index in [1.54, 1.807) is 0 Å². The smallest absolute Gasteiger partial charge is 0.338 e. The van der Waals surface area contributed by atoms with Gasteiger partial charge in [-0.3, -0.25) is 0 Å². The summed E-state index contributed by atoms with van der Waals surface area (Å²) in [7, 11) is 1.40. The number of hydrogen-bond acceptors (Lipinski definition) is 7. The number of aromatic nitrogens is 4. The van der Waals surface area contributed by atoms with Crippen molar-refractivity contribution in [1.82, 2.24) is 30.6 Å². The Bertz CT molecular complexity index is 1430. The van der Waals surface area contributed by atoms with E-state index in [1.165, 1.54) is 13.5 Å². The molecule has 2 saturated heterocycles. The summed E-state index contributed by atoms with van der Waals surface area (Å²) in [6.45, 7) is 2.21. The molecule has 2 atom stereocenters. The Morgan fingerprint density at radius 1 is 0.868 bits per heavy atom. The number of carbonyl (C=O) groups is 1. The van der Waals surface area contributed by atoms with E-state index in [0.29, 0.717) is 11.6 Å². The van der Waals surface area contributed by atoms with Crippen LogP contribution in [0.1, 0.15) is 65.3 Å². The van der Waals surface area contributed by atoms with Gasteiger partial charge in [0.2, 0.25) is 0 Å². The number of imidazole rings is 2. The highest BCUT2D eigenvalue weighted by Gasteiger charge is 2.24. The molecule has 0 saturated carbocycles. The van der Waals surface area contributed by atoms with E-state index in [1.807, 2.05) is 48.8 Å². The van der Waals surface area contributed by atoms with Gasteiger partial charge in [0.05, 0.1) is 48.5 Å². The van der Waals surface area contributed by atoms with Crippen molar-refractivity contribution >= 4 is 5.97 Å². The summed E-state index contributed by atoms with van der Waals surface area (Å²) in [5, 5.41) is 6.94. The fourth-order valence-electron chi connectivity index (χ4n) is 5.66. The molecule has 6 rings (SSSR count). The predicted octanol–water partition coefficient (Wildman–Crippen LogP) is 4.23. The molecule has 0 spiro atoms. The molecule has 2 aromatic heterocycles. The Morgan fingerprint density at radius 3 is 2.03 bits per heavy atom. The number of nitrogens with one attached hydrogen (secondary N) is 4. The summed E-state index contributed by atoms with van der Waals surface area (Å²) < 4.78 is 5.21. The van der Waals surface area contributed by atoms with Crippen molar-refractivity contribution in [3.63, 3.8) is 0 Å². The van der Waals surface area contributed by atoms with Crippen molar-refractivity contribution in [2.75, 3.05) is 20.2 Å². The maximum Gasteiger partial charge on any atom is 0.338 e. The van der Waals surface area contributed by atoms with Crippen LogP contribution in [0.3, 0.4) is 0 Å². The van der Waals surface area contributed by atoms with Crippen LogP contribution in [0.15, 0.2) is 48.8 Å². The number of carbonyl (C=O) groups excluding carboxylic acids is 1. The second kappa shape index (κ2) is 10.5. The van der Waals surface area contributed by atoms with Crippen molar-refractivity contribution in [2.24, 2.45) is 5.73 Å². The van der Waals surface area contributed by atoms with Crippen molar-refractivity contribution in [1.29, 1.82) is 0 Å². The van der Waals surface area contributed by atoms with Gasteiger partial charge in [-0.25, -0.2) is 14.8 Å². The van der Waals surface area contributed by atoms with E-state index in [-0.39, 0.29) is 12.6 Å². The van der Waals surface area contributed by atoms with Gasteiger partial charge in [-0.15, -0.1) is 0 Å². The van der Waals surface area contributed by atoms with Gasteiger partial charge in [0.1, 0.15) is 11.6 Å². The molecule has 196 valence electrons. The van der Waals surface area contributed by atoms with E-state index in [0.717, 1.165) is 83.2 Å². The minimum atomic E-state index is -0.411. The minimum Gasteiger partial charge on any atom is -0.465 e. The molecule has 0 bridgehead atoms. The summed E-state index contributed by atoms with van der Waals surface area (Å²) in [4.78, 5) is 29.2. The summed E-state index contributed by atoms with van der Waals surface area (Å²) in [6, 6.07) is 12.6. The molecule has 2 fully saturated rings. The van der Waals surface area contributed by atoms with Gasteiger partial charge in [0, 0.05) is 12.1 Å². The maximum atomic E-state index is 13.1. The molecule has 0 radical (unpaired) electrons. The van der Waals surface area contributed by atoms with Crippen molar-refractivity contribution in [3.8, 4) is 33.6 Å². The van der Waals surface area contributed by atoms with Crippen LogP contribution in [0.2, 0.25) is 0 Å². The lowest BCUT2D eigenvalue weighted by molar-refractivity contribution is 0.0600. The van der Waals surface area contributed by atoms with Crippen LogP contribution in [0.25, 0.3) is 33.6 Å². The first kappa shape index (κ1) is 24.5. The number of H-pyrrole nitrogens is 2. The molecule has 4 heterocycles. The van der Waals surface area contributed by atoms with Crippen molar-refractivity contribution < 1.29 is 9.53 Å². The van der Waals surface area contributed by atoms with Gasteiger partial charge in [-0.05, 0) is 61.0 Å². The standard InChI is InChI=1S/C29H33N7O2/c1-38-29(37)26-19(10-11-20(21(26)14-30)25-16-34-28(36-25)23-5-3-13-32-23)17-6-8-18(9-7-17)24-15-33-27(35-24)22-4-2-12-31-22/h6-11,15-16,22-23,31-32H,2-5,12-14,30H2,1H3,(H,33,35)(H,34,36). The quantitative estimate of drug-likeness (QED) is 0.235. The number of aromatic amines is 2. The Labute approximate surface area is 221 Å². The van der Waals surface area contributed by atoms with Gasteiger partial charge in [-0.2, -0.15) is 0 Å². The number of methoxy groups -OCH3 is 1. The zero-order valence-corrected chi connectivity index (χ0v) is 21.5. The molecule has 9 nitrogen and oxygen atoms in total. The number of rotatable bonds is 7. The number of ether oxygens (including phenoxy) is 1. The first-order valence-electron chi connectivity index (χ1n) is 13.3. The number of nitrogens with zero attached hydrogens (tertiary/aromatic N) is 2. The Balaban J connectivity index is 1.34. The zero-order chi connectivity index (χ0) is 26.1. The number of nitrogens with two attached hydrogens (primary N) is 1.